The third kappa shape index (κ3) is 3.62. The predicted molar refractivity (Wildman–Crippen MR) is 69.5 cm³/mol. The molecule has 1 aliphatic heterocycles. The van der Waals surface area contributed by atoms with Crippen LogP contribution in [0.5, 0.6) is 0 Å². The van der Waals surface area contributed by atoms with E-state index in [2.05, 4.69) is 0 Å². The summed E-state index contributed by atoms with van der Waals surface area (Å²) < 4.78 is 5.17. The van der Waals surface area contributed by atoms with Gasteiger partial charge in [-0.25, -0.2) is 0 Å². The van der Waals surface area contributed by atoms with Gasteiger partial charge in [0.2, 0.25) is 5.91 Å². The molecule has 6 nitrogen and oxygen atoms in total. The van der Waals surface area contributed by atoms with Crippen LogP contribution < -0.4 is 0 Å². The fraction of sp³-hybridized carbons (Fsp3) is 0.308. The van der Waals surface area contributed by atoms with E-state index in [1.54, 1.807) is 23.1 Å². The van der Waals surface area contributed by atoms with Crippen LogP contribution in [-0.2, 0) is 9.53 Å². The first-order chi connectivity index (χ1) is 9.16. The lowest BCUT2D eigenvalue weighted by atomic mass is 10.2. The van der Waals surface area contributed by atoms with Crippen LogP contribution in [0.15, 0.2) is 30.3 Å². The maximum Gasteiger partial charge on any atom is 0.269 e. The second-order valence-electron chi connectivity index (χ2n) is 4.12. The summed E-state index contributed by atoms with van der Waals surface area (Å²) in [6.07, 6.45) is 3.13. The number of carbonyl (C=O) groups excluding carboxylic acids is 1. The highest BCUT2D eigenvalue weighted by Gasteiger charge is 2.13. The molecule has 1 fully saturated rings. The average molecular weight is 262 g/mol. The monoisotopic (exact) mass is 262 g/mol. The third-order valence-electron chi connectivity index (χ3n) is 2.85. The van der Waals surface area contributed by atoms with Crippen LogP contribution in [0.2, 0.25) is 0 Å². The Balaban J connectivity index is 1.97. The predicted octanol–water partition coefficient (Wildman–Crippen LogP) is 1.47. The highest BCUT2D eigenvalue weighted by Crippen LogP contribution is 2.13. The lowest BCUT2D eigenvalue weighted by molar-refractivity contribution is -0.384. The molecular formula is C13H14N2O4. The van der Waals surface area contributed by atoms with Gasteiger partial charge in [0.05, 0.1) is 18.1 Å². The van der Waals surface area contributed by atoms with E-state index in [4.69, 9.17) is 4.74 Å². The van der Waals surface area contributed by atoms with Crippen molar-refractivity contribution >= 4 is 17.7 Å². The van der Waals surface area contributed by atoms with Crippen LogP contribution in [0.3, 0.4) is 0 Å². The first kappa shape index (κ1) is 13.2. The van der Waals surface area contributed by atoms with Gasteiger partial charge in [0.1, 0.15) is 0 Å². The molecule has 6 heteroatoms. The molecule has 0 bridgehead atoms. The van der Waals surface area contributed by atoms with E-state index in [1.807, 2.05) is 0 Å². The van der Waals surface area contributed by atoms with Crippen LogP contribution in [0.1, 0.15) is 5.56 Å². The van der Waals surface area contributed by atoms with Gasteiger partial charge >= 0.3 is 0 Å². The molecule has 19 heavy (non-hydrogen) atoms. The number of rotatable bonds is 3. The molecule has 1 aromatic rings. The van der Waals surface area contributed by atoms with Crippen molar-refractivity contribution in [2.75, 3.05) is 26.3 Å². The Bertz CT molecular complexity index is 490. The zero-order valence-corrected chi connectivity index (χ0v) is 10.3. The van der Waals surface area contributed by atoms with Crippen LogP contribution in [-0.4, -0.2) is 42.0 Å². The number of hydrogen-bond acceptors (Lipinski definition) is 4. The van der Waals surface area contributed by atoms with Crippen LogP contribution in [0.25, 0.3) is 6.08 Å². The Hall–Kier alpha value is -2.21. The lowest BCUT2D eigenvalue weighted by Gasteiger charge is -2.25. The number of morpholine rings is 1. The van der Waals surface area contributed by atoms with Crippen molar-refractivity contribution in [3.05, 3.63) is 46.0 Å². The van der Waals surface area contributed by atoms with Crippen molar-refractivity contribution < 1.29 is 14.5 Å². The van der Waals surface area contributed by atoms with E-state index >= 15 is 0 Å². The topological polar surface area (TPSA) is 72.7 Å². The van der Waals surface area contributed by atoms with Crippen LogP contribution in [0, 0.1) is 10.1 Å². The Morgan fingerprint density at radius 1 is 1.26 bits per heavy atom. The zero-order chi connectivity index (χ0) is 13.7. The molecule has 0 atom stereocenters. The van der Waals surface area contributed by atoms with Gasteiger partial charge in [0.25, 0.3) is 5.69 Å². The van der Waals surface area contributed by atoms with Gasteiger partial charge in [-0.2, -0.15) is 0 Å². The quantitative estimate of drug-likeness (QED) is 0.469. The summed E-state index contributed by atoms with van der Waals surface area (Å²) in [5.74, 6) is -0.0679. The summed E-state index contributed by atoms with van der Waals surface area (Å²) in [6.45, 7) is 2.33. The second-order valence-corrected chi connectivity index (χ2v) is 4.12. The number of non-ortho nitro benzene ring substituents is 1. The maximum atomic E-state index is 11.8. The smallest absolute Gasteiger partial charge is 0.269 e. The summed E-state index contributed by atoms with van der Waals surface area (Å²) in [5.41, 5.74) is 0.795. The molecule has 100 valence electrons. The summed E-state index contributed by atoms with van der Waals surface area (Å²) in [5, 5.41) is 10.5. The van der Waals surface area contributed by atoms with Crippen molar-refractivity contribution in [3.8, 4) is 0 Å². The molecule has 0 aliphatic carbocycles. The Morgan fingerprint density at radius 2 is 1.89 bits per heavy atom. The van der Waals surface area contributed by atoms with E-state index in [-0.39, 0.29) is 11.6 Å². The summed E-state index contributed by atoms with van der Waals surface area (Å²) in [4.78, 5) is 23.6. The molecule has 1 aromatic carbocycles. The van der Waals surface area contributed by atoms with E-state index < -0.39 is 4.92 Å². The Labute approximate surface area is 110 Å². The van der Waals surface area contributed by atoms with Crippen molar-refractivity contribution in [2.45, 2.75) is 0 Å². The first-order valence-electron chi connectivity index (χ1n) is 5.96. The maximum absolute atomic E-state index is 11.8. The highest BCUT2D eigenvalue weighted by molar-refractivity contribution is 5.91. The number of nitro benzene ring substituents is 1. The lowest BCUT2D eigenvalue weighted by Crippen LogP contribution is -2.39. The van der Waals surface area contributed by atoms with Gasteiger partial charge in [0.15, 0.2) is 0 Å². The largest absolute Gasteiger partial charge is 0.378 e. The minimum Gasteiger partial charge on any atom is -0.378 e. The molecule has 0 N–H and O–H groups in total. The second kappa shape index (κ2) is 6.10. The zero-order valence-electron chi connectivity index (χ0n) is 10.3. The first-order valence-corrected chi connectivity index (χ1v) is 5.96. The minimum absolute atomic E-state index is 0.0386. The van der Waals surface area contributed by atoms with Gasteiger partial charge in [-0.05, 0) is 23.8 Å². The molecule has 0 spiro atoms. The fourth-order valence-electron chi connectivity index (χ4n) is 1.76. The summed E-state index contributed by atoms with van der Waals surface area (Å²) >= 11 is 0. The standard InChI is InChI=1S/C13H14N2O4/c16-13(14-7-9-19-10-8-14)6-3-11-1-4-12(5-2-11)15(17)18/h1-6H,7-10H2. The van der Waals surface area contributed by atoms with Gasteiger partial charge in [-0.3, -0.25) is 14.9 Å². The summed E-state index contributed by atoms with van der Waals surface area (Å²) in [6, 6.07) is 6.06. The minimum atomic E-state index is -0.452. The number of nitrogens with zero attached hydrogens (tertiary/aromatic N) is 2. The number of amides is 1. The normalized spacial score (nSPS) is 15.7. The number of hydrogen-bond donors (Lipinski definition) is 0. The Morgan fingerprint density at radius 3 is 2.47 bits per heavy atom. The number of ether oxygens (including phenoxy) is 1. The number of carbonyl (C=O) groups is 1. The average Bonchev–Trinajstić information content (AvgIpc) is 2.46. The van der Waals surface area contributed by atoms with Gasteiger partial charge < -0.3 is 9.64 Å². The van der Waals surface area contributed by atoms with Crippen LogP contribution in [0.4, 0.5) is 5.69 Å². The van der Waals surface area contributed by atoms with E-state index in [9.17, 15) is 14.9 Å². The molecule has 0 saturated carbocycles. The molecule has 1 amide bonds. The molecule has 2 rings (SSSR count). The molecule has 0 radical (unpaired) electrons. The number of nitro groups is 1. The van der Waals surface area contributed by atoms with Gasteiger partial charge in [-0.1, -0.05) is 0 Å². The molecule has 1 heterocycles. The molecule has 0 unspecified atom stereocenters. The molecule has 0 aromatic heterocycles. The molecule has 1 aliphatic rings. The van der Waals surface area contributed by atoms with Gasteiger partial charge in [-0.15, -0.1) is 0 Å². The van der Waals surface area contributed by atoms with E-state index in [0.29, 0.717) is 26.3 Å². The van der Waals surface area contributed by atoms with Crippen LogP contribution >= 0.6 is 0 Å². The third-order valence-corrected chi connectivity index (χ3v) is 2.85. The van der Waals surface area contributed by atoms with E-state index in [0.717, 1.165) is 5.56 Å². The van der Waals surface area contributed by atoms with Crippen molar-refractivity contribution in [3.63, 3.8) is 0 Å². The fourth-order valence-corrected chi connectivity index (χ4v) is 1.76. The van der Waals surface area contributed by atoms with Gasteiger partial charge in [0, 0.05) is 31.3 Å². The SMILES string of the molecule is O=C(C=Cc1ccc([N+](=O)[O-])cc1)N1CCOCC1. The summed E-state index contributed by atoms with van der Waals surface area (Å²) in [7, 11) is 0. The molecular weight excluding hydrogens is 248 g/mol. The van der Waals surface area contributed by atoms with E-state index in [1.165, 1.54) is 18.2 Å². The van der Waals surface area contributed by atoms with Crippen molar-refractivity contribution in [1.29, 1.82) is 0 Å². The highest BCUT2D eigenvalue weighted by atomic mass is 16.6. The van der Waals surface area contributed by atoms with Crippen molar-refractivity contribution in [2.24, 2.45) is 0 Å². The molecule has 1 saturated heterocycles. The van der Waals surface area contributed by atoms with Crippen molar-refractivity contribution in [1.82, 2.24) is 4.90 Å². The number of benzene rings is 1. The Kier molecular flexibility index (Phi) is 4.25.